The highest BCUT2D eigenvalue weighted by Crippen LogP contribution is 2.25. The summed E-state index contributed by atoms with van der Waals surface area (Å²) in [5.74, 6) is -0.0384. The molecule has 0 aliphatic heterocycles. The summed E-state index contributed by atoms with van der Waals surface area (Å²) in [5, 5.41) is 21.4. The van der Waals surface area contributed by atoms with Crippen LogP contribution >= 0.6 is 11.6 Å². The molecule has 0 unspecified atom stereocenters. The van der Waals surface area contributed by atoms with E-state index in [9.17, 15) is 15.2 Å². The molecule has 0 radical (unpaired) electrons. The van der Waals surface area contributed by atoms with Gasteiger partial charge in [0, 0.05) is 16.7 Å². The van der Waals surface area contributed by atoms with Crippen molar-refractivity contribution in [3.05, 3.63) is 80.0 Å². The van der Waals surface area contributed by atoms with Gasteiger partial charge in [-0.25, -0.2) is 0 Å². The van der Waals surface area contributed by atoms with Gasteiger partial charge in [0.1, 0.15) is 5.75 Å². The van der Waals surface area contributed by atoms with Gasteiger partial charge in [-0.3, -0.25) is 10.1 Å². The third kappa shape index (κ3) is 3.83. The topological polar surface area (TPSA) is 63.4 Å². The zero-order chi connectivity index (χ0) is 15.4. The number of allylic oxidation sites excluding steroid dienone is 1. The fourth-order valence-electron chi connectivity index (χ4n) is 1.99. The first-order valence-corrected chi connectivity index (χ1v) is 6.73. The van der Waals surface area contributed by atoms with Crippen molar-refractivity contribution in [2.75, 3.05) is 0 Å². The molecule has 0 saturated carbocycles. The van der Waals surface area contributed by atoms with E-state index in [-0.39, 0.29) is 17.9 Å². The summed E-state index contributed by atoms with van der Waals surface area (Å²) < 4.78 is 0. The molecule has 0 bridgehead atoms. The molecule has 0 amide bonds. The summed E-state index contributed by atoms with van der Waals surface area (Å²) in [5.41, 5.74) is 2.20. The van der Waals surface area contributed by atoms with Crippen molar-refractivity contribution < 1.29 is 10.0 Å². The normalized spacial score (nSPS) is 11.4. The molecule has 0 saturated heterocycles. The molecule has 0 aliphatic rings. The zero-order valence-electron chi connectivity index (χ0n) is 11.4. The Balaban J connectivity index is 2.40. The average Bonchev–Trinajstić information content (AvgIpc) is 2.44. The molecule has 21 heavy (non-hydrogen) atoms. The Morgan fingerprint density at radius 3 is 2.71 bits per heavy atom. The van der Waals surface area contributed by atoms with E-state index in [1.54, 1.807) is 0 Å². The lowest BCUT2D eigenvalue weighted by Gasteiger charge is -2.05. The van der Waals surface area contributed by atoms with E-state index < -0.39 is 4.92 Å². The van der Waals surface area contributed by atoms with Gasteiger partial charge in [-0.1, -0.05) is 35.9 Å². The molecule has 5 heteroatoms. The van der Waals surface area contributed by atoms with E-state index in [0.29, 0.717) is 10.6 Å². The number of aryl methyl sites for hydroxylation is 1. The SMILES string of the molecule is Cc1ccccc1C/C(=C\c1cc(Cl)ccc1O)[N+](=O)[O-]. The number of nitro groups is 1. The van der Waals surface area contributed by atoms with Crippen molar-refractivity contribution in [3.8, 4) is 5.75 Å². The van der Waals surface area contributed by atoms with Crippen LogP contribution in [-0.4, -0.2) is 10.0 Å². The number of halogens is 1. The van der Waals surface area contributed by atoms with Crippen molar-refractivity contribution in [3.63, 3.8) is 0 Å². The van der Waals surface area contributed by atoms with Crippen LogP contribution in [0.15, 0.2) is 48.2 Å². The summed E-state index contributed by atoms with van der Waals surface area (Å²) in [6.07, 6.45) is 1.54. The van der Waals surface area contributed by atoms with Gasteiger partial charge in [-0.15, -0.1) is 0 Å². The first-order valence-electron chi connectivity index (χ1n) is 6.35. The molecular weight excluding hydrogens is 290 g/mol. The number of nitrogens with zero attached hydrogens (tertiary/aromatic N) is 1. The molecule has 0 heterocycles. The van der Waals surface area contributed by atoms with Crippen molar-refractivity contribution >= 4 is 17.7 Å². The minimum atomic E-state index is -0.438. The maximum Gasteiger partial charge on any atom is 0.251 e. The third-order valence-electron chi connectivity index (χ3n) is 3.18. The molecule has 0 atom stereocenters. The van der Waals surface area contributed by atoms with Crippen LogP contribution in [0.5, 0.6) is 5.75 Å². The molecule has 2 aromatic rings. The van der Waals surface area contributed by atoms with Gasteiger partial charge in [-0.2, -0.15) is 0 Å². The van der Waals surface area contributed by atoms with Crippen molar-refractivity contribution in [2.24, 2.45) is 0 Å². The van der Waals surface area contributed by atoms with Crippen LogP contribution in [0.1, 0.15) is 16.7 Å². The standard InChI is InChI=1S/C16H14ClNO3/c1-11-4-2-3-5-12(11)9-15(18(20)21)10-13-8-14(17)6-7-16(13)19/h2-8,10,19H,9H2,1H3/b15-10+. The van der Waals surface area contributed by atoms with E-state index >= 15 is 0 Å². The number of phenols is 1. The Morgan fingerprint density at radius 2 is 2.05 bits per heavy atom. The highest BCUT2D eigenvalue weighted by atomic mass is 35.5. The van der Waals surface area contributed by atoms with Crippen LogP contribution in [-0.2, 0) is 6.42 Å². The molecule has 0 spiro atoms. The fraction of sp³-hybridized carbons (Fsp3) is 0.125. The minimum Gasteiger partial charge on any atom is -0.507 e. The van der Waals surface area contributed by atoms with Crippen molar-refractivity contribution in [1.29, 1.82) is 0 Å². The summed E-state index contributed by atoms with van der Waals surface area (Å²) in [7, 11) is 0. The van der Waals surface area contributed by atoms with E-state index in [2.05, 4.69) is 0 Å². The molecule has 2 rings (SSSR count). The lowest BCUT2D eigenvalue weighted by molar-refractivity contribution is -0.425. The fourth-order valence-corrected chi connectivity index (χ4v) is 2.17. The quantitative estimate of drug-likeness (QED) is 0.679. The van der Waals surface area contributed by atoms with Crippen LogP contribution in [0.3, 0.4) is 0 Å². The number of hydrogen-bond donors (Lipinski definition) is 1. The number of phenolic OH excluding ortho intramolecular Hbond substituents is 1. The van der Waals surface area contributed by atoms with Crippen LogP contribution < -0.4 is 0 Å². The van der Waals surface area contributed by atoms with Crippen LogP contribution in [0.2, 0.25) is 5.02 Å². The van der Waals surface area contributed by atoms with Gasteiger partial charge >= 0.3 is 0 Å². The Bertz CT molecular complexity index is 710. The summed E-state index contributed by atoms with van der Waals surface area (Å²) in [4.78, 5) is 10.8. The number of hydrogen-bond acceptors (Lipinski definition) is 3. The van der Waals surface area contributed by atoms with Crippen LogP contribution in [0.25, 0.3) is 6.08 Å². The summed E-state index contributed by atoms with van der Waals surface area (Å²) in [6, 6.07) is 11.9. The molecule has 0 aliphatic carbocycles. The summed E-state index contributed by atoms with van der Waals surface area (Å²) >= 11 is 5.86. The maximum atomic E-state index is 11.2. The Labute approximate surface area is 127 Å². The average molecular weight is 304 g/mol. The predicted molar refractivity (Wildman–Crippen MR) is 83.0 cm³/mol. The highest BCUT2D eigenvalue weighted by Gasteiger charge is 2.14. The Kier molecular flexibility index (Phi) is 4.60. The Morgan fingerprint density at radius 1 is 1.33 bits per heavy atom. The van der Waals surface area contributed by atoms with Crippen LogP contribution in [0.4, 0.5) is 0 Å². The van der Waals surface area contributed by atoms with Gasteiger partial charge in [0.05, 0.1) is 11.3 Å². The molecule has 1 N–H and O–H groups in total. The minimum absolute atomic E-state index is 0.00173. The van der Waals surface area contributed by atoms with Crippen molar-refractivity contribution in [1.82, 2.24) is 0 Å². The number of rotatable bonds is 4. The van der Waals surface area contributed by atoms with E-state index in [4.69, 9.17) is 11.6 Å². The van der Waals surface area contributed by atoms with E-state index in [1.807, 2.05) is 31.2 Å². The van der Waals surface area contributed by atoms with Gasteiger partial charge in [-0.05, 0) is 36.2 Å². The lowest BCUT2D eigenvalue weighted by Crippen LogP contribution is -2.03. The Hall–Kier alpha value is -2.33. The third-order valence-corrected chi connectivity index (χ3v) is 3.41. The number of aromatic hydroxyl groups is 1. The molecule has 108 valence electrons. The highest BCUT2D eigenvalue weighted by molar-refractivity contribution is 6.30. The predicted octanol–water partition coefficient (Wildman–Crippen LogP) is 4.21. The smallest absolute Gasteiger partial charge is 0.251 e. The van der Waals surface area contributed by atoms with E-state index in [0.717, 1.165) is 11.1 Å². The lowest BCUT2D eigenvalue weighted by atomic mass is 10.0. The van der Waals surface area contributed by atoms with Crippen molar-refractivity contribution in [2.45, 2.75) is 13.3 Å². The monoisotopic (exact) mass is 303 g/mol. The maximum absolute atomic E-state index is 11.2. The van der Waals surface area contributed by atoms with Gasteiger partial charge in [0.2, 0.25) is 0 Å². The van der Waals surface area contributed by atoms with E-state index in [1.165, 1.54) is 24.3 Å². The first-order chi connectivity index (χ1) is 9.97. The molecule has 0 aromatic heterocycles. The van der Waals surface area contributed by atoms with Gasteiger partial charge in [0.15, 0.2) is 0 Å². The van der Waals surface area contributed by atoms with Crippen LogP contribution in [0, 0.1) is 17.0 Å². The molecule has 2 aromatic carbocycles. The number of benzene rings is 2. The summed E-state index contributed by atoms with van der Waals surface area (Å²) in [6.45, 7) is 1.91. The molecular formula is C16H14ClNO3. The second kappa shape index (κ2) is 6.41. The largest absolute Gasteiger partial charge is 0.507 e. The van der Waals surface area contributed by atoms with Gasteiger partial charge < -0.3 is 5.11 Å². The first kappa shape index (κ1) is 15.1. The molecule has 0 fully saturated rings. The molecule has 4 nitrogen and oxygen atoms in total. The van der Waals surface area contributed by atoms with Gasteiger partial charge in [0.25, 0.3) is 5.70 Å². The second-order valence-corrected chi connectivity index (χ2v) is 5.14. The second-order valence-electron chi connectivity index (χ2n) is 4.70. The zero-order valence-corrected chi connectivity index (χ0v) is 12.2.